The Bertz CT molecular complexity index is 862. The SMILES string of the molecule is O=C(NCC(c1cccs1)N1CCOCC1)c1cccnc1-n1cncn1. The van der Waals surface area contributed by atoms with Crippen LogP contribution in [0.5, 0.6) is 0 Å². The quantitative estimate of drug-likeness (QED) is 0.694. The third-order valence-corrected chi connectivity index (χ3v) is 5.45. The summed E-state index contributed by atoms with van der Waals surface area (Å²) in [5.74, 6) is 0.287. The number of pyridine rings is 1. The summed E-state index contributed by atoms with van der Waals surface area (Å²) < 4.78 is 6.96. The van der Waals surface area contributed by atoms with Gasteiger partial charge in [-0.2, -0.15) is 5.10 Å². The molecule has 0 aromatic carbocycles. The fraction of sp³-hybridized carbons (Fsp3) is 0.333. The molecule has 0 saturated carbocycles. The number of carbonyl (C=O) groups is 1. The topological polar surface area (TPSA) is 85.2 Å². The number of rotatable bonds is 6. The summed E-state index contributed by atoms with van der Waals surface area (Å²) in [4.78, 5) is 24.7. The van der Waals surface area contributed by atoms with E-state index in [0.29, 0.717) is 17.9 Å². The lowest BCUT2D eigenvalue weighted by Crippen LogP contribution is -2.43. The summed E-state index contributed by atoms with van der Waals surface area (Å²) >= 11 is 1.70. The molecule has 1 aliphatic rings. The lowest BCUT2D eigenvalue weighted by molar-refractivity contribution is 0.0169. The first-order chi connectivity index (χ1) is 13.3. The highest BCUT2D eigenvalue weighted by Crippen LogP contribution is 2.25. The molecule has 8 nitrogen and oxygen atoms in total. The van der Waals surface area contributed by atoms with Crippen LogP contribution in [0.25, 0.3) is 5.82 Å². The van der Waals surface area contributed by atoms with Crippen molar-refractivity contribution in [2.45, 2.75) is 6.04 Å². The van der Waals surface area contributed by atoms with Crippen molar-refractivity contribution in [1.82, 2.24) is 30.0 Å². The monoisotopic (exact) mass is 384 g/mol. The molecule has 140 valence electrons. The largest absolute Gasteiger partial charge is 0.379 e. The van der Waals surface area contributed by atoms with Crippen molar-refractivity contribution in [2.75, 3.05) is 32.8 Å². The first-order valence-corrected chi connectivity index (χ1v) is 9.64. The molecular formula is C18H20N6O2S. The van der Waals surface area contributed by atoms with E-state index in [9.17, 15) is 4.79 Å². The van der Waals surface area contributed by atoms with Crippen LogP contribution in [0.15, 0.2) is 48.5 Å². The van der Waals surface area contributed by atoms with E-state index in [0.717, 1.165) is 26.3 Å². The van der Waals surface area contributed by atoms with Crippen LogP contribution in [0.3, 0.4) is 0 Å². The minimum absolute atomic E-state index is 0.129. The van der Waals surface area contributed by atoms with Gasteiger partial charge in [-0.3, -0.25) is 9.69 Å². The van der Waals surface area contributed by atoms with Crippen LogP contribution in [-0.2, 0) is 4.74 Å². The molecule has 1 unspecified atom stereocenters. The highest BCUT2D eigenvalue weighted by Gasteiger charge is 2.24. The van der Waals surface area contributed by atoms with Crippen LogP contribution < -0.4 is 5.32 Å². The summed E-state index contributed by atoms with van der Waals surface area (Å²) in [7, 11) is 0. The third kappa shape index (κ3) is 4.05. The Hall–Kier alpha value is -2.62. The van der Waals surface area contributed by atoms with Gasteiger partial charge in [0.2, 0.25) is 0 Å². The summed E-state index contributed by atoms with van der Waals surface area (Å²) in [6, 6.07) is 7.77. The van der Waals surface area contributed by atoms with E-state index < -0.39 is 0 Å². The molecule has 0 radical (unpaired) electrons. The number of amides is 1. The second-order valence-electron chi connectivity index (χ2n) is 6.10. The van der Waals surface area contributed by atoms with E-state index >= 15 is 0 Å². The maximum atomic E-state index is 12.9. The molecule has 1 N–H and O–H groups in total. The Morgan fingerprint density at radius 1 is 1.30 bits per heavy atom. The second kappa shape index (κ2) is 8.38. The maximum Gasteiger partial charge on any atom is 0.255 e. The van der Waals surface area contributed by atoms with E-state index in [4.69, 9.17) is 4.74 Å². The van der Waals surface area contributed by atoms with E-state index in [-0.39, 0.29) is 11.9 Å². The van der Waals surface area contributed by atoms with Gasteiger partial charge >= 0.3 is 0 Å². The number of hydrogen-bond acceptors (Lipinski definition) is 7. The molecule has 1 aliphatic heterocycles. The third-order valence-electron chi connectivity index (χ3n) is 4.48. The molecule has 3 aromatic heterocycles. The number of nitrogens with one attached hydrogen (secondary N) is 1. The molecule has 4 rings (SSSR count). The van der Waals surface area contributed by atoms with Crippen molar-refractivity contribution >= 4 is 17.2 Å². The van der Waals surface area contributed by atoms with Gasteiger partial charge in [0.05, 0.1) is 24.8 Å². The molecule has 1 atom stereocenters. The average Bonchev–Trinajstić information content (AvgIpc) is 3.43. The highest BCUT2D eigenvalue weighted by atomic mass is 32.1. The van der Waals surface area contributed by atoms with Gasteiger partial charge in [-0.15, -0.1) is 11.3 Å². The average molecular weight is 384 g/mol. The van der Waals surface area contributed by atoms with E-state index in [1.807, 2.05) is 6.07 Å². The molecule has 1 saturated heterocycles. The number of nitrogens with zero attached hydrogens (tertiary/aromatic N) is 5. The zero-order chi connectivity index (χ0) is 18.5. The van der Waals surface area contributed by atoms with Gasteiger partial charge < -0.3 is 10.1 Å². The Balaban J connectivity index is 1.51. The molecule has 1 amide bonds. The number of thiophene rings is 1. The molecule has 3 aromatic rings. The predicted octanol–water partition coefficient (Wildman–Crippen LogP) is 1.53. The van der Waals surface area contributed by atoms with Gasteiger partial charge in [-0.25, -0.2) is 14.6 Å². The first-order valence-electron chi connectivity index (χ1n) is 8.76. The standard InChI is InChI=1S/C18H20N6O2S/c25-18(14-3-1-5-20-17(14)24-13-19-12-22-24)21-11-15(16-4-2-10-27-16)23-6-8-26-9-7-23/h1-5,10,12-13,15H,6-9,11H2,(H,21,25). The smallest absolute Gasteiger partial charge is 0.255 e. The van der Waals surface area contributed by atoms with Crippen LogP contribution in [-0.4, -0.2) is 63.4 Å². The fourth-order valence-electron chi connectivity index (χ4n) is 3.14. The van der Waals surface area contributed by atoms with E-state index in [2.05, 4.69) is 36.7 Å². The van der Waals surface area contributed by atoms with Crippen molar-refractivity contribution in [3.8, 4) is 5.82 Å². The number of ether oxygens (including phenoxy) is 1. The maximum absolute atomic E-state index is 12.9. The van der Waals surface area contributed by atoms with Gasteiger partial charge in [0.25, 0.3) is 5.91 Å². The van der Waals surface area contributed by atoms with Gasteiger partial charge in [-0.1, -0.05) is 6.07 Å². The number of aromatic nitrogens is 4. The molecule has 4 heterocycles. The van der Waals surface area contributed by atoms with Crippen molar-refractivity contribution < 1.29 is 9.53 Å². The van der Waals surface area contributed by atoms with Gasteiger partial charge in [0.1, 0.15) is 12.7 Å². The van der Waals surface area contributed by atoms with Crippen LogP contribution in [0.4, 0.5) is 0 Å². The first kappa shape index (κ1) is 17.8. The van der Waals surface area contributed by atoms with Crippen molar-refractivity contribution in [1.29, 1.82) is 0 Å². The van der Waals surface area contributed by atoms with Crippen molar-refractivity contribution in [3.05, 3.63) is 58.9 Å². The summed E-state index contributed by atoms with van der Waals surface area (Å²) in [5, 5.41) is 9.22. The Labute approximate surface area is 160 Å². The molecule has 27 heavy (non-hydrogen) atoms. The molecule has 0 spiro atoms. The Morgan fingerprint density at radius 3 is 2.93 bits per heavy atom. The van der Waals surface area contributed by atoms with Crippen LogP contribution >= 0.6 is 11.3 Å². The van der Waals surface area contributed by atoms with Gasteiger partial charge in [0, 0.05) is 30.7 Å². The Kier molecular flexibility index (Phi) is 5.52. The van der Waals surface area contributed by atoms with Gasteiger partial charge in [0.15, 0.2) is 5.82 Å². The predicted molar refractivity (Wildman–Crippen MR) is 101 cm³/mol. The second-order valence-corrected chi connectivity index (χ2v) is 7.08. The molecule has 0 bridgehead atoms. The number of morpholine rings is 1. The fourth-order valence-corrected chi connectivity index (χ4v) is 4.00. The Morgan fingerprint density at radius 2 is 2.19 bits per heavy atom. The summed E-state index contributed by atoms with van der Waals surface area (Å²) in [6.45, 7) is 3.67. The van der Waals surface area contributed by atoms with Crippen molar-refractivity contribution in [2.24, 2.45) is 0 Å². The molecule has 0 aliphatic carbocycles. The lowest BCUT2D eigenvalue weighted by Gasteiger charge is -2.34. The van der Waals surface area contributed by atoms with Gasteiger partial charge in [-0.05, 0) is 23.6 Å². The molecule has 9 heteroatoms. The minimum atomic E-state index is -0.177. The molecular weight excluding hydrogens is 364 g/mol. The van der Waals surface area contributed by atoms with E-state index in [1.54, 1.807) is 29.7 Å². The van der Waals surface area contributed by atoms with Crippen LogP contribution in [0.1, 0.15) is 21.3 Å². The zero-order valence-electron chi connectivity index (χ0n) is 14.7. The summed E-state index contributed by atoms with van der Waals surface area (Å²) in [5.41, 5.74) is 0.468. The highest BCUT2D eigenvalue weighted by molar-refractivity contribution is 7.10. The van der Waals surface area contributed by atoms with Crippen LogP contribution in [0, 0.1) is 0 Å². The minimum Gasteiger partial charge on any atom is -0.379 e. The molecule has 1 fully saturated rings. The normalized spacial score (nSPS) is 16.1. The lowest BCUT2D eigenvalue weighted by atomic mass is 10.1. The zero-order valence-corrected chi connectivity index (χ0v) is 15.5. The van der Waals surface area contributed by atoms with Crippen LogP contribution in [0.2, 0.25) is 0 Å². The number of hydrogen-bond donors (Lipinski definition) is 1. The number of carbonyl (C=O) groups excluding carboxylic acids is 1. The summed E-state index contributed by atoms with van der Waals surface area (Å²) in [6.07, 6.45) is 4.58. The van der Waals surface area contributed by atoms with Crippen molar-refractivity contribution in [3.63, 3.8) is 0 Å². The van der Waals surface area contributed by atoms with E-state index in [1.165, 1.54) is 22.2 Å².